The van der Waals surface area contributed by atoms with E-state index < -0.39 is 0 Å². The van der Waals surface area contributed by atoms with Gasteiger partial charge in [-0.15, -0.1) is 0 Å². The van der Waals surface area contributed by atoms with Crippen LogP contribution in [0.1, 0.15) is 36.0 Å². The van der Waals surface area contributed by atoms with Crippen LogP contribution in [0.3, 0.4) is 0 Å². The molecular weight excluding hydrogens is 320 g/mol. The second kappa shape index (κ2) is 5.74. The number of piperidine rings is 1. The third kappa shape index (κ3) is 2.83. The first-order chi connectivity index (χ1) is 9.63. The van der Waals surface area contributed by atoms with Gasteiger partial charge in [0.25, 0.3) is 5.91 Å². The number of hydrogen-bond donors (Lipinski definition) is 2. The van der Waals surface area contributed by atoms with Crippen LogP contribution in [0.4, 0.5) is 0 Å². The Bertz CT molecular complexity index is 521. The third-order valence-electron chi connectivity index (χ3n) is 4.36. The van der Waals surface area contributed by atoms with Crippen molar-refractivity contribution in [3.05, 3.63) is 28.2 Å². The van der Waals surface area contributed by atoms with Crippen molar-refractivity contribution in [2.45, 2.75) is 37.8 Å². The lowest BCUT2D eigenvalue weighted by Gasteiger charge is -2.35. The minimum absolute atomic E-state index is 0.0233. The Balaban J connectivity index is 1.64. The maximum atomic E-state index is 12.2. The minimum Gasteiger partial charge on any atom is -0.507 e. The molecule has 108 valence electrons. The van der Waals surface area contributed by atoms with Crippen LogP contribution in [0, 0.1) is 0 Å². The molecule has 0 spiro atoms. The zero-order valence-electron chi connectivity index (χ0n) is 11.3. The first-order valence-corrected chi connectivity index (χ1v) is 7.96. The number of phenols is 1. The molecule has 2 fully saturated rings. The summed E-state index contributed by atoms with van der Waals surface area (Å²) >= 11 is 3.28. The third-order valence-corrected chi connectivity index (χ3v) is 4.85. The number of carbonyl (C=O) groups is 1. The van der Waals surface area contributed by atoms with Crippen molar-refractivity contribution in [1.29, 1.82) is 0 Å². The largest absolute Gasteiger partial charge is 0.507 e. The van der Waals surface area contributed by atoms with E-state index in [1.54, 1.807) is 18.2 Å². The highest BCUT2D eigenvalue weighted by Crippen LogP contribution is 2.27. The van der Waals surface area contributed by atoms with Gasteiger partial charge in [-0.25, -0.2) is 0 Å². The van der Waals surface area contributed by atoms with Crippen molar-refractivity contribution in [2.24, 2.45) is 0 Å². The minimum atomic E-state index is -0.175. The van der Waals surface area contributed by atoms with Crippen LogP contribution in [0.5, 0.6) is 5.75 Å². The highest BCUT2D eigenvalue weighted by Gasteiger charge is 2.32. The summed E-state index contributed by atoms with van der Waals surface area (Å²) in [5.41, 5.74) is 0.349. The summed E-state index contributed by atoms with van der Waals surface area (Å²) in [7, 11) is 0. The molecule has 0 radical (unpaired) electrons. The summed E-state index contributed by atoms with van der Waals surface area (Å²) in [5.74, 6) is -0.151. The van der Waals surface area contributed by atoms with E-state index in [9.17, 15) is 9.90 Å². The number of rotatable bonds is 2. The van der Waals surface area contributed by atoms with Crippen LogP contribution >= 0.6 is 15.9 Å². The summed E-state index contributed by atoms with van der Waals surface area (Å²) in [6.07, 6.45) is 4.55. The lowest BCUT2D eigenvalue weighted by Crippen LogP contribution is -2.47. The van der Waals surface area contributed by atoms with Gasteiger partial charge in [-0.3, -0.25) is 4.79 Å². The van der Waals surface area contributed by atoms with E-state index in [0.29, 0.717) is 11.6 Å². The highest BCUT2D eigenvalue weighted by molar-refractivity contribution is 9.10. The van der Waals surface area contributed by atoms with Crippen LogP contribution in [0.2, 0.25) is 0 Å². The number of fused-ring (bicyclic) bond motifs is 1. The molecule has 3 rings (SSSR count). The van der Waals surface area contributed by atoms with E-state index in [0.717, 1.165) is 23.9 Å². The molecule has 0 saturated carbocycles. The zero-order chi connectivity index (χ0) is 14.1. The average molecular weight is 339 g/mol. The van der Waals surface area contributed by atoms with Crippen molar-refractivity contribution < 1.29 is 9.90 Å². The van der Waals surface area contributed by atoms with Crippen LogP contribution in [0.15, 0.2) is 22.7 Å². The molecule has 0 bridgehead atoms. The lowest BCUT2D eigenvalue weighted by molar-refractivity contribution is 0.0893. The van der Waals surface area contributed by atoms with Crippen molar-refractivity contribution in [2.75, 3.05) is 13.1 Å². The van der Waals surface area contributed by atoms with Gasteiger partial charge in [0.2, 0.25) is 0 Å². The molecule has 0 aliphatic carbocycles. The fraction of sp³-hybridized carbons (Fsp3) is 0.533. The molecule has 2 aliphatic heterocycles. The summed E-state index contributed by atoms with van der Waals surface area (Å²) < 4.78 is 0.769. The van der Waals surface area contributed by atoms with Gasteiger partial charge >= 0.3 is 0 Å². The first kappa shape index (κ1) is 13.9. The van der Waals surface area contributed by atoms with Crippen molar-refractivity contribution in [1.82, 2.24) is 10.2 Å². The molecule has 2 aliphatic rings. The number of aromatic hydroxyl groups is 1. The fourth-order valence-corrected chi connectivity index (χ4v) is 3.66. The molecule has 1 aromatic carbocycles. The number of nitrogens with one attached hydrogen (secondary N) is 1. The Morgan fingerprint density at radius 2 is 2.20 bits per heavy atom. The fourth-order valence-electron chi connectivity index (χ4n) is 3.32. The van der Waals surface area contributed by atoms with Gasteiger partial charge in [-0.2, -0.15) is 0 Å². The average Bonchev–Trinajstić information content (AvgIpc) is 2.85. The number of carbonyl (C=O) groups excluding carboxylic acids is 1. The molecule has 2 saturated heterocycles. The van der Waals surface area contributed by atoms with Crippen LogP contribution in [-0.2, 0) is 0 Å². The van der Waals surface area contributed by atoms with Gasteiger partial charge in [0.1, 0.15) is 5.75 Å². The summed E-state index contributed by atoms with van der Waals surface area (Å²) in [6, 6.07) is 5.83. The van der Waals surface area contributed by atoms with Crippen molar-refractivity contribution in [3.63, 3.8) is 0 Å². The normalized spacial score (nSPS) is 26.2. The summed E-state index contributed by atoms with van der Waals surface area (Å²) in [5, 5.41) is 12.9. The number of benzene rings is 1. The van der Waals surface area contributed by atoms with E-state index in [2.05, 4.69) is 26.1 Å². The molecule has 2 N–H and O–H groups in total. The van der Waals surface area contributed by atoms with Gasteiger partial charge in [-0.05, 0) is 50.4 Å². The molecule has 2 heterocycles. The number of halogens is 1. The summed E-state index contributed by atoms with van der Waals surface area (Å²) in [6.45, 7) is 2.28. The van der Waals surface area contributed by atoms with Crippen LogP contribution in [0.25, 0.3) is 0 Å². The maximum Gasteiger partial charge on any atom is 0.255 e. The van der Waals surface area contributed by atoms with Gasteiger partial charge in [0, 0.05) is 23.1 Å². The predicted octanol–water partition coefficient (Wildman–Crippen LogP) is 2.51. The monoisotopic (exact) mass is 338 g/mol. The lowest BCUT2D eigenvalue weighted by atomic mass is 9.97. The topological polar surface area (TPSA) is 52.6 Å². The number of amides is 1. The number of phenolic OH excluding ortho intramolecular Hbond substituents is 1. The Morgan fingerprint density at radius 3 is 3.00 bits per heavy atom. The molecule has 1 aromatic rings. The molecule has 2 unspecified atom stereocenters. The Morgan fingerprint density at radius 1 is 1.35 bits per heavy atom. The molecule has 20 heavy (non-hydrogen) atoms. The molecule has 5 heteroatoms. The molecule has 2 atom stereocenters. The first-order valence-electron chi connectivity index (χ1n) is 7.17. The van der Waals surface area contributed by atoms with Crippen molar-refractivity contribution >= 4 is 21.8 Å². The quantitative estimate of drug-likeness (QED) is 0.871. The molecule has 4 nitrogen and oxygen atoms in total. The van der Waals surface area contributed by atoms with E-state index in [4.69, 9.17) is 0 Å². The van der Waals surface area contributed by atoms with Crippen LogP contribution in [-0.4, -0.2) is 41.1 Å². The van der Waals surface area contributed by atoms with Crippen molar-refractivity contribution in [3.8, 4) is 5.75 Å². The smallest absolute Gasteiger partial charge is 0.255 e. The maximum absolute atomic E-state index is 12.2. The number of nitrogens with zero attached hydrogens (tertiary/aromatic N) is 1. The predicted molar refractivity (Wildman–Crippen MR) is 80.9 cm³/mol. The Hall–Kier alpha value is -1.07. The van der Waals surface area contributed by atoms with Crippen LogP contribution < -0.4 is 5.32 Å². The second-order valence-electron chi connectivity index (χ2n) is 5.69. The Labute approximate surface area is 127 Å². The van der Waals surface area contributed by atoms with Gasteiger partial charge in [0.05, 0.1) is 5.56 Å². The highest BCUT2D eigenvalue weighted by atomic mass is 79.9. The van der Waals surface area contributed by atoms with E-state index in [1.807, 2.05) is 0 Å². The van der Waals surface area contributed by atoms with Gasteiger partial charge in [-0.1, -0.05) is 15.9 Å². The standard InChI is InChI=1S/C15H19BrN2O2/c16-10-3-4-13(14(19)8-10)15(20)17-11-5-7-18-6-1-2-12(18)9-11/h3-4,8,11-12,19H,1-2,5-7,9H2,(H,17,20). The number of hydrogen-bond acceptors (Lipinski definition) is 3. The van der Waals surface area contributed by atoms with E-state index in [1.165, 1.54) is 19.4 Å². The van der Waals surface area contributed by atoms with Gasteiger partial charge in [0.15, 0.2) is 0 Å². The molecule has 1 amide bonds. The summed E-state index contributed by atoms with van der Waals surface area (Å²) in [4.78, 5) is 14.8. The molecular formula is C15H19BrN2O2. The SMILES string of the molecule is O=C(NC1CCN2CCCC2C1)c1ccc(Br)cc1O. The van der Waals surface area contributed by atoms with E-state index >= 15 is 0 Å². The molecule has 0 aromatic heterocycles. The zero-order valence-corrected chi connectivity index (χ0v) is 12.9. The van der Waals surface area contributed by atoms with Gasteiger partial charge < -0.3 is 15.3 Å². The van der Waals surface area contributed by atoms with E-state index in [-0.39, 0.29) is 17.7 Å². The second-order valence-corrected chi connectivity index (χ2v) is 6.60. The Kier molecular flexibility index (Phi) is 3.98.